The lowest BCUT2D eigenvalue weighted by atomic mass is 9.87. The molecule has 0 aromatic heterocycles. The molecule has 0 saturated heterocycles. The van der Waals surface area contributed by atoms with Crippen molar-refractivity contribution in [1.82, 2.24) is 5.32 Å². The van der Waals surface area contributed by atoms with E-state index in [9.17, 15) is 31.1 Å². The van der Waals surface area contributed by atoms with Gasteiger partial charge in [-0.2, -0.15) is 26.3 Å². The normalized spacial score (nSPS) is 13.7. The Morgan fingerprint density at radius 3 is 1.76 bits per heavy atom. The van der Waals surface area contributed by atoms with Gasteiger partial charge in [0.1, 0.15) is 24.7 Å². The minimum Gasteiger partial charge on any atom is -0.488 e. The van der Waals surface area contributed by atoms with Gasteiger partial charge in [0.15, 0.2) is 5.78 Å². The number of Topliss-reactive ketones (excluding diaryl/α,β-unsaturated/α-hetero) is 1. The molecule has 0 fully saturated rings. The molecule has 0 radical (unpaired) electrons. The van der Waals surface area contributed by atoms with E-state index in [-0.39, 0.29) is 30.5 Å². The van der Waals surface area contributed by atoms with Gasteiger partial charge in [0.25, 0.3) is 0 Å². The maximum absolute atomic E-state index is 13.7. The molecule has 4 nitrogen and oxygen atoms in total. The van der Waals surface area contributed by atoms with Crippen molar-refractivity contribution in [2.75, 3.05) is 13.1 Å². The van der Waals surface area contributed by atoms with E-state index in [0.717, 1.165) is 17.7 Å². The zero-order valence-corrected chi connectivity index (χ0v) is 24.2. The summed E-state index contributed by atoms with van der Waals surface area (Å²) in [6.07, 6.45) is -6.71. The Morgan fingerprint density at radius 1 is 0.711 bits per heavy atom. The van der Waals surface area contributed by atoms with Gasteiger partial charge in [-0.05, 0) is 89.7 Å². The predicted octanol–water partition coefficient (Wildman–Crippen LogP) is 9.13. The summed E-state index contributed by atoms with van der Waals surface area (Å²) in [6, 6.07) is 20.1. The fourth-order valence-electron chi connectivity index (χ4n) is 5.33. The number of halogens is 6. The van der Waals surface area contributed by atoms with Crippen LogP contribution in [0.1, 0.15) is 51.5 Å². The quantitative estimate of drug-likeness (QED) is 0.149. The second kappa shape index (κ2) is 13.2. The van der Waals surface area contributed by atoms with Gasteiger partial charge in [0, 0.05) is 12.1 Å². The monoisotopic (exact) mass is 625 g/mol. The minimum atomic E-state index is -4.64. The van der Waals surface area contributed by atoms with Gasteiger partial charge < -0.3 is 14.8 Å². The second-order valence-electron chi connectivity index (χ2n) is 10.5. The number of benzene rings is 4. The summed E-state index contributed by atoms with van der Waals surface area (Å²) in [5.41, 5.74) is 2.16. The molecule has 0 saturated carbocycles. The zero-order chi connectivity index (χ0) is 32.2. The fraction of sp³-hybridized carbons (Fsp3) is 0.229. The number of hydrogen-bond acceptors (Lipinski definition) is 4. The topological polar surface area (TPSA) is 47.6 Å². The SMILES string of the molecule is CC(=O)c1ccccc1-c1cc(COc2ccccc2C(F)(F)F)c(C2=CCNCC2)cc1COc1ccccc1C(F)(F)F. The summed E-state index contributed by atoms with van der Waals surface area (Å²) in [4.78, 5) is 12.6. The Kier molecular flexibility index (Phi) is 9.34. The highest BCUT2D eigenvalue weighted by atomic mass is 19.4. The lowest BCUT2D eigenvalue weighted by Gasteiger charge is -2.23. The van der Waals surface area contributed by atoms with Crippen LogP contribution in [0.15, 0.2) is 91.0 Å². The van der Waals surface area contributed by atoms with E-state index >= 15 is 0 Å². The van der Waals surface area contributed by atoms with Crippen LogP contribution in [0.2, 0.25) is 0 Å². The third kappa shape index (κ3) is 7.39. The fourth-order valence-corrected chi connectivity index (χ4v) is 5.33. The second-order valence-corrected chi connectivity index (χ2v) is 10.5. The third-order valence-corrected chi connectivity index (χ3v) is 7.49. The highest BCUT2D eigenvalue weighted by molar-refractivity contribution is 6.01. The summed E-state index contributed by atoms with van der Waals surface area (Å²) in [5.74, 6) is -0.923. The smallest absolute Gasteiger partial charge is 0.419 e. The van der Waals surface area contributed by atoms with E-state index in [0.29, 0.717) is 52.9 Å². The average molecular weight is 626 g/mol. The first kappa shape index (κ1) is 31.8. The van der Waals surface area contributed by atoms with Crippen LogP contribution in [0.25, 0.3) is 16.7 Å². The maximum Gasteiger partial charge on any atom is 0.419 e. The molecule has 1 aliphatic heterocycles. The van der Waals surface area contributed by atoms with E-state index in [2.05, 4.69) is 5.32 Å². The first-order valence-electron chi connectivity index (χ1n) is 14.2. The number of ether oxygens (including phenoxy) is 2. The van der Waals surface area contributed by atoms with Crippen molar-refractivity contribution >= 4 is 11.4 Å². The number of nitrogens with one attached hydrogen (secondary N) is 1. The van der Waals surface area contributed by atoms with Gasteiger partial charge >= 0.3 is 12.4 Å². The third-order valence-electron chi connectivity index (χ3n) is 7.49. The van der Waals surface area contributed by atoms with Crippen LogP contribution < -0.4 is 14.8 Å². The zero-order valence-electron chi connectivity index (χ0n) is 24.2. The Labute approximate surface area is 256 Å². The lowest BCUT2D eigenvalue weighted by molar-refractivity contribution is -0.139. The molecule has 0 unspecified atom stereocenters. The van der Waals surface area contributed by atoms with Crippen LogP contribution in [0.3, 0.4) is 0 Å². The molecule has 5 rings (SSSR count). The van der Waals surface area contributed by atoms with Gasteiger partial charge in [0.2, 0.25) is 0 Å². The number of rotatable bonds is 9. The molecule has 10 heteroatoms. The minimum absolute atomic E-state index is 0.234. The Morgan fingerprint density at radius 2 is 1.22 bits per heavy atom. The molecule has 1 N–H and O–H groups in total. The van der Waals surface area contributed by atoms with E-state index in [1.165, 1.54) is 43.3 Å². The Hall–Kier alpha value is -4.57. The van der Waals surface area contributed by atoms with Gasteiger partial charge in [-0.3, -0.25) is 4.79 Å². The van der Waals surface area contributed by atoms with Gasteiger partial charge in [0.05, 0.1) is 11.1 Å². The van der Waals surface area contributed by atoms with Crippen molar-refractivity contribution in [2.45, 2.75) is 38.9 Å². The lowest BCUT2D eigenvalue weighted by Crippen LogP contribution is -2.20. The highest BCUT2D eigenvalue weighted by Crippen LogP contribution is 2.40. The molecule has 0 aliphatic carbocycles. The van der Waals surface area contributed by atoms with Crippen molar-refractivity contribution < 1.29 is 40.6 Å². The molecule has 0 bridgehead atoms. The molecular formula is C35H29F6NO3. The van der Waals surface area contributed by atoms with E-state index in [4.69, 9.17) is 9.47 Å². The van der Waals surface area contributed by atoms with Crippen molar-refractivity contribution in [3.05, 3.63) is 124 Å². The van der Waals surface area contributed by atoms with Crippen molar-refractivity contribution in [3.63, 3.8) is 0 Å². The van der Waals surface area contributed by atoms with Crippen molar-refractivity contribution in [2.24, 2.45) is 0 Å². The van der Waals surface area contributed by atoms with Gasteiger partial charge in [-0.1, -0.05) is 54.6 Å². The van der Waals surface area contributed by atoms with Crippen LogP contribution in [-0.2, 0) is 25.6 Å². The van der Waals surface area contributed by atoms with Crippen LogP contribution >= 0.6 is 0 Å². The van der Waals surface area contributed by atoms with Crippen LogP contribution in [0.5, 0.6) is 11.5 Å². The molecule has 4 aromatic carbocycles. The van der Waals surface area contributed by atoms with E-state index < -0.39 is 23.5 Å². The molecule has 0 spiro atoms. The number of para-hydroxylation sites is 2. The summed E-state index contributed by atoms with van der Waals surface area (Å²) in [7, 11) is 0. The van der Waals surface area contributed by atoms with Crippen molar-refractivity contribution in [1.29, 1.82) is 0 Å². The predicted molar refractivity (Wildman–Crippen MR) is 159 cm³/mol. The first-order chi connectivity index (χ1) is 21.4. The summed E-state index contributed by atoms with van der Waals surface area (Å²) >= 11 is 0. The number of carbonyl (C=O) groups excluding carboxylic acids is 1. The number of ketones is 1. The van der Waals surface area contributed by atoms with E-state index in [1.54, 1.807) is 36.4 Å². The largest absolute Gasteiger partial charge is 0.488 e. The highest BCUT2D eigenvalue weighted by Gasteiger charge is 2.35. The summed E-state index contributed by atoms with van der Waals surface area (Å²) in [5, 5.41) is 3.22. The average Bonchev–Trinajstić information content (AvgIpc) is 3.02. The maximum atomic E-state index is 13.7. The molecule has 1 heterocycles. The van der Waals surface area contributed by atoms with Crippen LogP contribution in [0.4, 0.5) is 26.3 Å². The number of carbonyl (C=O) groups is 1. The molecule has 0 atom stereocenters. The Balaban J connectivity index is 1.64. The molecule has 0 amide bonds. The molecular weight excluding hydrogens is 596 g/mol. The summed E-state index contributed by atoms with van der Waals surface area (Å²) in [6.45, 7) is 2.11. The molecule has 234 valence electrons. The number of hydrogen-bond donors (Lipinski definition) is 1. The molecule has 45 heavy (non-hydrogen) atoms. The van der Waals surface area contributed by atoms with E-state index in [1.807, 2.05) is 6.08 Å². The first-order valence-corrected chi connectivity index (χ1v) is 14.2. The van der Waals surface area contributed by atoms with Crippen molar-refractivity contribution in [3.8, 4) is 22.6 Å². The Bertz CT molecular complexity index is 1730. The van der Waals surface area contributed by atoms with Crippen LogP contribution in [-0.4, -0.2) is 18.9 Å². The standard InChI is InChI=1S/C35H29F6NO3/c1-22(43)26-8-2-3-9-27(26)29-19-24(20-44-32-12-6-4-10-30(32)34(36,37)38)28(23-14-16-42-17-15-23)18-25(29)21-45-33-13-7-5-11-31(33)35(39,40)41/h2-14,18-19,42H,15-17,20-21H2,1H3. The molecule has 4 aromatic rings. The van der Waals surface area contributed by atoms with Crippen LogP contribution in [0, 0.1) is 0 Å². The summed E-state index contributed by atoms with van der Waals surface area (Å²) < 4.78 is 93.9. The van der Waals surface area contributed by atoms with Gasteiger partial charge in [-0.25, -0.2) is 0 Å². The molecule has 1 aliphatic rings. The van der Waals surface area contributed by atoms with Gasteiger partial charge in [-0.15, -0.1) is 0 Å². The number of alkyl halides is 6.